The van der Waals surface area contributed by atoms with E-state index < -0.39 is 0 Å². The molecule has 0 saturated heterocycles. The number of anilines is 1. The van der Waals surface area contributed by atoms with Crippen molar-refractivity contribution in [2.24, 2.45) is 0 Å². The molecule has 0 fully saturated rings. The van der Waals surface area contributed by atoms with Crippen molar-refractivity contribution in [3.05, 3.63) is 22.5 Å². The Balaban J connectivity index is 1.52. The van der Waals surface area contributed by atoms with E-state index in [9.17, 15) is 0 Å². The van der Waals surface area contributed by atoms with Gasteiger partial charge in [0.1, 0.15) is 6.54 Å². The largest absolute Gasteiger partial charge is 0.398 e. The first-order valence-electron chi connectivity index (χ1n) is 11.2. The quantitative estimate of drug-likeness (QED) is 0.444. The maximum absolute atomic E-state index is 6.56. The third-order valence-corrected chi connectivity index (χ3v) is 6.41. The molecule has 1 heterocycles. The molecule has 140 valence electrons. The highest BCUT2D eigenvalue weighted by atomic mass is 15.0. The molecule has 0 spiro atoms. The van der Waals surface area contributed by atoms with Gasteiger partial charge in [-0.3, -0.25) is 0 Å². The molecule has 0 atom stereocenters. The van der Waals surface area contributed by atoms with Crippen LogP contribution >= 0.6 is 0 Å². The van der Waals surface area contributed by atoms with Crippen molar-refractivity contribution in [1.29, 1.82) is 0 Å². The lowest BCUT2D eigenvalue weighted by atomic mass is 9.91. The summed E-state index contributed by atoms with van der Waals surface area (Å²) in [5, 5.41) is 0. The number of hydrogen-bond acceptors (Lipinski definition) is 1. The van der Waals surface area contributed by atoms with E-state index in [2.05, 4.69) is 11.5 Å². The Bertz CT molecular complexity index is 562. The van der Waals surface area contributed by atoms with E-state index in [1.54, 1.807) is 11.4 Å². The minimum absolute atomic E-state index is 1.17. The second-order valence-electron chi connectivity index (χ2n) is 8.30. The van der Waals surface area contributed by atoms with Crippen LogP contribution < -0.4 is 10.3 Å². The van der Waals surface area contributed by atoms with E-state index in [4.69, 9.17) is 5.73 Å². The zero-order chi connectivity index (χ0) is 17.5. The highest BCUT2D eigenvalue weighted by molar-refractivity contribution is 5.57. The van der Waals surface area contributed by atoms with Crippen LogP contribution in [-0.4, -0.2) is 0 Å². The second kappa shape index (κ2) is 9.59. The monoisotopic (exact) mass is 343 g/mol. The number of nitrogens with zero attached hydrogens (tertiary/aromatic N) is 1. The maximum atomic E-state index is 6.56. The van der Waals surface area contributed by atoms with Gasteiger partial charge in [-0.25, -0.2) is 0 Å². The lowest BCUT2D eigenvalue weighted by Gasteiger charge is -2.20. The molecular weight excluding hydrogens is 304 g/mol. The van der Waals surface area contributed by atoms with Gasteiger partial charge in [0.2, 0.25) is 0 Å². The number of pyridine rings is 1. The number of rotatable bonds is 10. The fourth-order valence-electron chi connectivity index (χ4n) is 4.99. The van der Waals surface area contributed by atoms with Crippen LogP contribution in [0.4, 0.5) is 5.69 Å². The minimum Gasteiger partial charge on any atom is -0.398 e. The zero-order valence-electron chi connectivity index (χ0n) is 16.5. The first-order chi connectivity index (χ1) is 12.3. The van der Waals surface area contributed by atoms with Crippen LogP contribution in [0.3, 0.4) is 0 Å². The number of nitrogen functional groups attached to an aromatic ring is 1. The summed E-state index contributed by atoms with van der Waals surface area (Å²) in [6.45, 7) is 3.53. The Kier molecular flexibility index (Phi) is 7.19. The maximum Gasteiger partial charge on any atom is 0.186 e. The molecule has 2 nitrogen and oxygen atoms in total. The van der Waals surface area contributed by atoms with E-state index >= 15 is 0 Å². The van der Waals surface area contributed by atoms with Gasteiger partial charge in [-0.2, -0.15) is 4.57 Å². The van der Waals surface area contributed by atoms with Gasteiger partial charge in [0, 0.05) is 30.4 Å². The lowest BCUT2D eigenvalue weighted by Crippen LogP contribution is -2.45. The van der Waals surface area contributed by atoms with Gasteiger partial charge >= 0.3 is 0 Å². The molecular formula is C23H39N2+. The van der Waals surface area contributed by atoms with Crippen LogP contribution in [0, 0.1) is 0 Å². The second-order valence-corrected chi connectivity index (χ2v) is 8.30. The topological polar surface area (TPSA) is 29.9 Å². The summed E-state index contributed by atoms with van der Waals surface area (Å²) in [5.74, 6) is 0. The summed E-state index contributed by atoms with van der Waals surface area (Å²) in [7, 11) is 0. The minimum atomic E-state index is 1.17. The summed E-state index contributed by atoms with van der Waals surface area (Å²) in [6.07, 6.45) is 21.6. The normalized spacial score (nSPS) is 16.0. The molecule has 1 aromatic heterocycles. The molecule has 0 aliphatic heterocycles. The molecule has 2 N–H and O–H groups in total. The van der Waals surface area contributed by atoms with Gasteiger partial charge in [-0.05, 0) is 38.5 Å². The van der Waals surface area contributed by atoms with Crippen molar-refractivity contribution < 1.29 is 4.57 Å². The smallest absolute Gasteiger partial charge is 0.186 e. The number of unbranched alkanes of at least 4 members (excludes halogenated alkanes) is 8. The molecule has 25 heavy (non-hydrogen) atoms. The molecule has 2 aliphatic carbocycles. The van der Waals surface area contributed by atoms with E-state index in [0.717, 1.165) is 0 Å². The number of aromatic nitrogens is 1. The predicted molar refractivity (Wildman–Crippen MR) is 107 cm³/mol. The fraction of sp³-hybridized carbons (Fsp3) is 0.783. The summed E-state index contributed by atoms with van der Waals surface area (Å²) in [6, 6.07) is 0. The SMILES string of the molecule is CCCCCCCCCCC[n+]1c2c(c(N)c3c1CCC3)CCCC2. The number of nitrogens with two attached hydrogens (primary N) is 1. The summed E-state index contributed by atoms with van der Waals surface area (Å²) >= 11 is 0. The molecule has 2 aliphatic rings. The van der Waals surface area contributed by atoms with Gasteiger partial charge in [-0.1, -0.05) is 51.9 Å². The standard InChI is InChI=1S/C23H38N2/c1-2-3-4-5-6-7-8-9-12-18-25-21-16-11-10-14-19(21)23(24)20-15-13-17-22(20)25/h24H,2-18H2,1H3/p+1. The van der Waals surface area contributed by atoms with E-state index in [0.29, 0.717) is 0 Å². The van der Waals surface area contributed by atoms with E-state index in [1.165, 1.54) is 126 Å². The molecule has 1 aromatic rings. The van der Waals surface area contributed by atoms with Crippen molar-refractivity contribution in [3.8, 4) is 0 Å². The van der Waals surface area contributed by atoms with Crippen LogP contribution in [-0.2, 0) is 32.2 Å². The molecule has 0 aromatic carbocycles. The summed E-state index contributed by atoms with van der Waals surface area (Å²) < 4.78 is 2.72. The lowest BCUT2D eigenvalue weighted by molar-refractivity contribution is -0.711. The molecule has 0 radical (unpaired) electrons. The molecule has 0 unspecified atom stereocenters. The molecule has 0 saturated carbocycles. The van der Waals surface area contributed by atoms with Crippen LogP contribution in [0.15, 0.2) is 0 Å². The van der Waals surface area contributed by atoms with Crippen LogP contribution in [0.2, 0.25) is 0 Å². The molecule has 0 bridgehead atoms. The van der Waals surface area contributed by atoms with Gasteiger partial charge in [0.25, 0.3) is 0 Å². The first kappa shape index (κ1) is 18.7. The third-order valence-electron chi connectivity index (χ3n) is 6.41. The Hall–Kier alpha value is -1.05. The van der Waals surface area contributed by atoms with E-state index in [1.807, 2.05) is 0 Å². The molecule has 0 amide bonds. The highest BCUT2D eigenvalue weighted by Crippen LogP contribution is 2.33. The third kappa shape index (κ3) is 4.57. The Labute approximate surface area is 155 Å². The number of fused-ring (bicyclic) bond motifs is 2. The molecule has 3 rings (SSSR count). The number of hydrogen-bond donors (Lipinski definition) is 1. The van der Waals surface area contributed by atoms with Gasteiger partial charge < -0.3 is 5.73 Å². The fourth-order valence-corrected chi connectivity index (χ4v) is 4.99. The Morgan fingerprint density at radius 3 is 1.88 bits per heavy atom. The van der Waals surface area contributed by atoms with Crippen LogP contribution in [0.5, 0.6) is 0 Å². The summed E-state index contributed by atoms with van der Waals surface area (Å²) in [5.41, 5.74) is 14.0. The van der Waals surface area contributed by atoms with Crippen molar-refractivity contribution in [1.82, 2.24) is 0 Å². The zero-order valence-corrected chi connectivity index (χ0v) is 16.5. The van der Waals surface area contributed by atoms with Crippen LogP contribution in [0.25, 0.3) is 0 Å². The van der Waals surface area contributed by atoms with Crippen LogP contribution in [0.1, 0.15) is 106 Å². The van der Waals surface area contributed by atoms with Crippen molar-refractivity contribution in [3.63, 3.8) is 0 Å². The van der Waals surface area contributed by atoms with Gasteiger partial charge in [0.05, 0.1) is 5.69 Å². The Morgan fingerprint density at radius 2 is 1.20 bits per heavy atom. The van der Waals surface area contributed by atoms with Gasteiger partial charge in [-0.15, -0.1) is 0 Å². The Morgan fingerprint density at radius 1 is 0.680 bits per heavy atom. The van der Waals surface area contributed by atoms with Crippen molar-refractivity contribution >= 4 is 5.69 Å². The van der Waals surface area contributed by atoms with Crippen molar-refractivity contribution in [2.75, 3.05) is 5.73 Å². The molecule has 2 heteroatoms. The predicted octanol–water partition coefficient (Wildman–Crippen LogP) is 5.45. The van der Waals surface area contributed by atoms with Gasteiger partial charge in [0.15, 0.2) is 11.4 Å². The van der Waals surface area contributed by atoms with Crippen molar-refractivity contribution in [2.45, 2.75) is 116 Å². The average molecular weight is 344 g/mol. The average Bonchev–Trinajstić information content (AvgIpc) is 3.13. The highest BCUT2D eigenvalue weighted by Gasteiger charge is 2.32. The first-order valence-corrected chi connectivity index (χ1v) is 11.2. The van der Waals surface area contributed by atoms with E-state index in [-0.39, 0.29) is 0 Å². The summed E-state index contributed by atoms with van der Waals surface area (Å²) in [4.78, 5) is 0.